The molecular weight excluding hydrogens is 363 g/mol. The number of esters is 1. The number of hydrogen-bond acceptors (Lipinski definition) is 4. The summed E-state index contributed by atoms with van der Waals surface area (Å²) in [6.07, 6.45) is 1.25. The van der Waals surface area contributed by atoms with Gasteiger partial charge in [-0.1, -0.05) is 29.3 Å². The molecule has 4 nitrogen and oxygen atoms in total. The summed E-state index contributed by atoms with van der Waals surface area (Å²) in [6.45, 7) is 2.07. The Hall–Kier alpha value is -2.04. The van der Waals surface area contributed by atoms with Gasteiger partial charge in [-0.15, -0.1) is 0 Å². The van der Waals surface area contributed by atoms with Crippen LogP contribution in [0.5, 0.6) is 5.75 Å². The molecule has 0 saturated heterocycles. The van der Waals surface area contributed by atoms with E-state index in [2.05, 4.69) is 0 Å². The van der Waals surface area contributed by atoms with Crippen LogP contribution in [0.4, 0.5) is 0 Å². The number of benzene rings is 2. The van der Waals surface area contributed by atoms with Crippen LogP contribution >= 0.6 is 23.2 Å². The lowest BCUT2D eigenvalue weighted by molar-refractivity contribution is -0.153. The summed E-state index contributed by atoms with van der Waals surface area (Å²) >= 11 is 12.2. The van der Waals surface area contributed by atoms with Crippen LogP contribution in [0.3, 0.4) is 0 Å². The molecule has 1 saturated carbocycles. The van der Waals surface area contributed by atoms with Crippen LogP contribution in [-0.4, -0.2) is 24.0 Å². The Bertz CT molecular complexity index is 790. The first-order chi connectivity index (χ1) is 12.0. The van der Waals surface area contributed by atoms with Gasteiger partial charge in [0.1, 0.15) is 5.75 Å². The van der Waals surface area contributed by atoms with Gasteiger partial charge in [-0.2, -0.15) is 0 Å². The highest BCUT2D eigenvalue weighted by molar-refractivity contribution is 6.41. The van der Waals surface area contributed by atoms with Crippen molar-refractivity contribution in [3.63, 3.8) is 0 Å². The molecule has 25 heavy (non-hydrogen) atoms. The van der Waals surface area contributed by atoms with E-state index < -0.39 is 5.60 Å². The molecule has 6 heteroatoms. The van der Waals surface area contributed by atoms with Crippen molar-refractivity contribution in [3.05, 3.63) is 63.6 Å². The summed E-state index contributed by atoms with van der Waals surface area (Å²) in [7, 11) is 0. The minimum absolute atomic E-state index is 0.268. The molecule has 2 aromatic carbocycles. The number of hydrogen-bond donors (Lipinski definition) is 0. The predicted molar refractivity (Wildman–Crippen MR) is 95.6 cm³/mol. The van der Waals surface area contributed by atoms with Gasteiger partial charge in [0.05, 0.1) is 22.2 Å². The fraction of sp³-hybridized carbons (Fsp3) is 0.263. The molecular formula is C19H16Cl2O4. The Balaban J connectivity index is 1.77. The second-order valence-corrected chi connectivity index (χ2v) is 6.58. The SMILES string of the molecule is CCOC(=O)C1(Oc2ccc(C(=O)c3c(Cl)cccc3Cl)cc2)CC1. The zero-order valence-electron chi connectivity index (χ0n) is 13.6. The molecule has 1 aliphatic rings. The van der Waals surface area contributed by atoms with E-state index in [0.717, 1.165) is 0 Å². The molecule has 0 spiro atoms. The van der Waals surface area contributed by atoms with E-state index in [0.29, 0.717) is 40.8 Å². The maximum Gasteiger partial charge on any atom is 0.350 e. The van der Waals surface area contributed by atoms with Gasteiger partial charge in [0.2, 0.25) is 5.60 Å². The first-order valence-electron chi connectivity index (χ1n) is 7.92. The topological polar surface area (TPSA) is 52.6 Å². The van der Waals surface area contributed by atoms with E-state index in [-0.39, 0.29) is 17.3 Å². The Morgan fingerprint density at radius 1 is 1.04 bits per heavy atom. The first-order valence-corrected chi connectivity index (χ1v) is 8.67. The van der Waals surface area contributed by atoms with Crippen molar-refractivity contribution in [1.82, 2.24) is 0 Å². The summed E-state index contributed by atoms with van der Waals surface area (Å²) < 4.78 is 10.8. The average molecular weight is 379 g/mol. The van der Waals surface area contributed by atoms with E-state index in [1.807, 2.05) is 0 Å². The highest BCUT2D eigenvalue weighted by Gasteiger charge is 2.54. The third kappa shape index (κ3) is 3.65. The smallest absolute Gasteiger partial charge is 0.350 e. The van der Waals surface area contributed by atoms with Crippen LogP contribution < -0.4 is 4.74 Å². The van der Waals surface area contributed by atoms with Crippen molar-refractivity contribution in [2.75, 3.05) is 6.61 Å². The number of halogens is 2. The molecule has 130 valence electrons. The second kappa shape index (κ2) is 7.06. The largest absolute Gasteiger partial charge is 0.476 e. The molecule has 0 bridgehead atoms. The lowest BCUT2D eigenvalue weighted by Gasteiger charge is -2.16. The monoisotopic (exact) mass is 378 g/mol. The minimum Gasteiger partial charge on any atom is -0.476 e. The fourth-order valence-corrected chi connectivity index (χ4v) is 3.05. The Kier molecular flexibility index (Phi) is 5.02. The third-order valence-electron chi connectivity index (χ3n) is 3.97. The standard InChI is InChI=1S/C19H16Cl2O4/c1-2-24-18(23)19(10-11-19)25-13-8-6-12(7-9-13)17(22)16-14(20)4-3-5-15(16)21/h3-9H,2,10-11H2,1H3. The van der Waals surface area contributed by atoms with Gasteiger partial charge < -0.3 is 9.47 Å². The van der Waals surface area contributed by atoms with Crippen molar-refractivity contribution in [3.8, 4) is 5.75 Å². The normalized spacial score (nSPS) is 14.7. The molecule has 3 rings (SSSR count). The molecule has 1 fully saturated rings. The average Bonchev–Trinajstić information content (AvgIpc) is 3.36. The Labute approximate surface area is 155 Å². The van der Waals surface area contributed by atoms with Gasteiger partial charge >= 0.3 is 5.97 Å². The molecule has 0 N–H and O–H groups in total. The quantitative estimate of drug-likeness (QED) is 0.539. The van der Waals surface area contributed by atoms with Gasteiger partial charge in [0, 0.05) is 18.4 Å². The summed E-state index contributed by atoms with van der Waals surface area (Å²) in [6, 6.07) is 11.5. The number of ketones is 1. The van der Waals surface area contributed by atoms with Crippen LogP contribution in [0.15, 0.2) is 42.5 Å². The lowest BCUT2D eigenvalue weighted by Crippen LogP contribution is -2.31. The van der Waals surface area contributed by atoms with E-state index in [1.54, 1.807) is 49.4 Å². The van der Waals surface area contributed by atoms with Gasteiger partial charge in [-0.25, -0.2) is 4.79 Å². The number of carbonyl (C=O) groups is 2. The second-order valence-electron chi connectivity index (χ2n) is 5.77. The summed E-state index contributed by atoms with van der Waals surface area (Å²) in [5.74, 6) is -0.112. The predicted octanol–water partition coefficient (Wildman–Crippen LogP) is 4.70. The van der Waals surface area contributed by atoms with E-state index in [9.17, 15) is 9.59 Å². The van der Waals surface area contributed by atoms with Crippen molar-refractivity contribution in [2.24, 2.45) is 0 Å². The zero-order chi connectivity index (χ0) is 18.0. The maximum absolute atomic E-state index is 12.6. The molecule has 1 aliphatic carbocycles. The van der Waals surface area contributed by atoms with Gasteiger partial charge in [-0.05, 0) is 43.3 Å². The van der Waals surface area contributed by atoms with Crippen LogP contribution in [0.2, 0.25) is 10.0 Å². The highest BCUT2D eigenvalue weighted by Crippen LogP contribution is 2.41. The van der Waals surface area contributed by atoms with E-state index in [1.165, 1.54) is 0 Å². The number of rotatable bonds is 6. The van der Waals surface area contributed by atoms with Crippen molar-refractivity contribution in [2.45, 2.75) is 25.4 Å². The fourth-order valence-electron chi connectivity index (χ4n) is 2.48. The molecule has 2 aromatic rings. The molecule has 0 atom stereocenters. The van der Waals surface area contributed by atoms with Gasteiger partial charge in [0.15, 0.2) is 5.78 Å². The molecule has 0 radical (unpaired) electrons. The first kappa shape index (κ1) is 17.8. The highest BCUT2D eigenvalue weighted by atomic mass is 35.5. The minimum atomic E-state index is -0.881. The zero-order valence-corrected chi connectivity index (χ0v) is 15.1. The van der Waals surface area contributed by atoms with Crippen LogP contribution in [-0.2, 0) is 9.53 Å². The molecule has 0 heterocycles. The van der Waals surface area contributed by atoms with Crippen LogP contribution in [0.1, 0.15) is 35.7 Å². The van der Waals surface area contributed by atoms with Crippen molar-refractivity contribution >= 4 is 35.0 Å². The van der Waals surface area contributed by atoms with Gasteiger partial charge in [-0.3, -0.25) is 4.79 Å². The maximum atomic E-state index is 12.6. The van der Waals surface area contributed by atoms with Crippen LogP contribution in [0, 0.1) is 0 Å². The molecule has 0 aromatic heterocycles. The Morgan fingerprint density at radius 3 is 2.16 bits per heavy atom. The van der Waals surface area contributed by atoms with E-state index in [4.69, 9.17) is 32.7 Å². The lowest BCUT2D eigenvalue weighted by atomic mass is 10.0. The van der Waals surface area contributed by atoms with E-state index >= 15 is 0 Å². The number of carbonyl (C=O) groups excluding carboxylic acids is 2. The van der Waals surface area contributed by atoms with Gasteiger partial charge in [0.25, 0.3) is 0 Å². The summed E-state index contributed by atoms with van der Waals surface area (Å²) in [5, 5.41) is 0.606. The molecule has 0 amide bonds. The molecule has 0 unspecified atom stereocenters. The number of ether oxygens (including phenoxy) is 2. The van der Waals surface area contributed by atoms with Crippen LogP contribution in [0.25, 0.3) is 0 Å². The summed E-state index contributed by atoms with van der Waals surface area (Å²) in [4.78, 5) is 24.5. The third-order valence-corrected chi connectivity index (χ3v) is 4.60. The Morgan fingerprint density at radius 2 is 1.64 bits per heavy atom. The van der Waals surface area contributed by atoms with Crippen molar-refractivity contribution in [1.29, 1.82) is 0 Å². The summed E-state index contributed by atoms with van der Waals surface area (Å²) in [5.41, 5.74) is -0.179. The molecule has 0 aliphatic heterocycles. The van der Waals surface area contributed by atoms with Crippen molar-refractivity contribution < 1.29 is 19.1 Å².